The van der Waals surface area contributed by atoms with Crippen LogP contribution in [0.1, 0.15) is 40.5 Å². The minimum absolute atomic E-state index is 0.00617. The number of carbonyl (C=O) groups excluding carboxylic acids is 3. The molecule has 26 heavy (non-hydrogen) atoms. The molecule has 1 fully saturated rings. The molecule has 0 spiro atoms. The fraction of sp³-hybridized carbons (Fsp3) is 0.316. The zero-order valence-corrected chi connectivity index (χ0v) is 15.2. The van der Waals surface area contributed by atoms with E-state index in [2.05, 4.69) is 10.6 Å². The van der Waals surface area contributed by atoms with Crippen molar-refractivity contribution in [3.63, 3.8) is 0 Å². The van der Waals surface area contributed by atoms with E-state index >= 15 is 0 Å². The molecule has 0 aliphatic heterocycles. The molecular formula is C19H20N2O4S. The van der Waals surface area contributed by atoms with Crippen LogP contribution in [0.4, 0.5) is 5.00 Å². The number of hydrogen-bond donors (Lipinski definition) is 2. The maximum atomic E-state index is 12.6. The predicted molar refractivity (Wildman–Crippen MR) is 99.0 cm³/mol. The van der Waals surface area contributed by atoms with Gasteiger partial charge in [-0.1, -0.05) is 30.3 Å². The number of hydrogen-bond acceptors (Lipinski definition) is 5. The van der Waals surface area contributed by atoms with Crippen LogP contribution >= 0.6 is 11.3 Å². The van der Waals surface area contributed by atoms with Gasteiger partial charge in [0.25, 0.3) is 5.91 Å². The highest BCUT2D eigenvalue weighted by Gasteiger charge is 2.30. The summed E-state index contributed by atoms with van der Waals surface area (Å²) in [6.45, 7) is 0. The summed E-state index contributed by atoms with van der Waals surface area (Å²) < 4.78 is 4.73. The van der Waals surface area contributed by atoms with E-state index in [-0.39, 0.29) is 24.2 Å². The number of anilines is 1. The van der Waals surface area contributed by atoms with Crippen molar-refractivity contribution >= 4 is 34.1 Å². The van der Waals surface area contributed by atoms with Crippen LogP contribution in [-0.2, 0) is 14.3 Å². The summed E-state index contributed by atoms with van der Waals surface area (Å²) >= 11 is 1.22. The number of thiophene rings is 1. The molecule has 2 amide bonds. The SMILES string of the molecule is COC(=O)CC(NC(=O)c1ccc(NC(=O)C2CC2)s1)c1ccccc1. The number of ether oxygens (including phenoxy) is 1. The number of carbonyl (C=O) groups is 3. The number of amides is 2. The van der Waals surface area contributed by atoms with Gasteiger partial charge in [0.1, 0.15) is 0 Å². The van der Waals surface area contributed by atoms with Gasteiger partial charge in [-0.25, -0.2) is 0 Å². The molecule has 1 aromatic heterocycles. The van der Waals surface area contributed by atoms with Gasteiger partial charge in [0.15, 0.2) is 0 Å². The lowest BCUT2D eigenvalue weighted by Gasteiger charge is -2.17. The summed E-state index contributed by atoms with van der Waals surface area (Å²) in [5, 5.41) is 6.35. The van der Waals surface area contributed by atoms with Gasteiger partial charge in [0.05, 0.1) is 29.5 Å². The van der Waals surface area contributed by atoms with Crippen molar-refractivity contribution in [2.24, 2.45) is 5.92 Å². The Balaban J connectivity index is 1.68. The van der Waals surface area contributed by atoms with E-state index in [1.54, 1.807) is 12.1 Å². The van der Waals surface area contributed by atoms with E-state index in [0.29, 0.717) is 9.88 Å². The Morgan fingerprint density at radius 1 is 1.15 bits per heavy atom. The van der Waals surface area contributed by atoms with E-state index in [0.717, 1.165) is 18.4 Å². The van der Waals surface area contributed by atoms with Crippen molar-refractivity contribution in [2.45, 2.75) is 25.3 Å². The van der Waals surface area contributed by atoms with E-state index in [9.17, 15) is 14.4 Å². The molecule has 3 rings (SSSR count). The molecule has 0 radical (unpaired) electrons. The van der Waals surface area contributed by atoms with Crippen LogP contribution < -0.4 is 10.6 Å². The lowest BCUT2D eigenvalue weighted by atomic mass is 10.0. The summed E-state index contributed by atoms with van der Waals surface area (Å²) in [6.07, 6.45) is 1.90. The molecule has 1 unspecified atom stereocenters. The van der Waals surface area contributed by atoms with Crippen LogP contribution in [0.5, 0.6) is 0 Å². The Hall–Kier alpha value is -2.67. The highest BCUT2D eigenvalue weighted by atomic mass is 32.1. The third kappa shape index (κ3) is 4.70. The van der Waals surface area contributed by atoms with Gasteiger partial charge in [0, 0.05) is 5.92 Å². The van der Waals surface area contributed by atoms with Crippen LogP contribution in [0.25, 0.3) is 0 Å². The zero-order valence-electron chi connectivity index (χ0n) is 14.4. The van der Waals surface area contributed by atoms with E-state index in [4.69, 9.17) is 4.74 Å². The lowest BCUT2D eigenvalue weighted by Crippen LogP contribution is -2.30. The standard InChI is InChI=1S/C19H20N2O4S/c1-25-17(22)11-14(12-5-3-2-4-6-12)20-19(24)15-9-10-16(26-15)21-18(23)13-7-8-13/h2-6,9-10,13-14H,7-8,11H2,1H3,(H,20,24)(H,21,23). The quantitative estimate of drug-likeness (QED) is 0.732. The fourth-order valence-electron chi connectivity index (χ4n) is 2.51. The molecule has 2 aromatic rings. The summed E-state index contributed by atoms with van der Waals surface area (Å²) in [4.78, 5) is 36.6. The number of benzene rings is 1. The molecule has 1 aliphatic rings. The van der Waals surface area contributed by atoms with Crippen molar-refractivity contribution in [1.29, 1.82) is 0 Å². The Kier molecular flexibility index (Phi) is 5.68. The molecule has 7 heteroatoms. The zero-order chi connectivity index (χ0) is 18.5. The lowest BCUT2D eigenvalue weighted by molar-refractivity contribution is -0.141. The molecule has 1 atom stereocenters. The highest BCUT2D eigenvalue weighted by molar-refractivity contribution is 7.18. The maximum Gasteiger partial charge on any atom is 0.307 e. The van der Waals surface area contributed by atoms with Crippen LogP contribution in [-0.4, -0.2) is 24.9 Å². The molecule has 1 saturated carbocycles. The first kappa shape index (κ1) is 18.1. The Morgan fingerprint density at radius 2 is 1.88 bits per heavy atom. The first-order valence-corrected chi connectivity index (χ1v) is 9.22. The van der Waals surface area contributed by atoms with E-state index in [1.807, 2.05) is 30.3 Å². The normalized spacial score (nSPS) is 14.3. The highest BCUT2D eigenvalue weighted by Crippen LogP contribution is 2.31. The first-order valence-electron chi connectivity index (χ1n) is 8.40. The molecule has 0 saturated heterocycles. The minimum Gasteiger partial charge on any atom is -0.469 e. The van der Waals surface area contributed by atoms with Gasteiger partial charge in [-0.15, -0.1) is 11.3 Å². The smallest absolute Gasteiger partial charge is 0.307 e. The molecule has 1 aliphatic carbocycles. The number of methoxy groups -OCH3 is 1. The van der Waals surface area contributed by atoms with Crippen molar-refractivity contribution in [3.8, 4) is 0 Å². The Bertz CT molecular complexity index is 799. The monoisotopic (exact) mass is 372 g/mol. The van der Waals surface area contributed by atoms with Gasteiger partial charge >= 0.3 is 5.97 Å². The van der Waals surface area contributed by atoms with Gasteiger partial charge in [-0.05, 0) is 30.5 Å². The molecule has 2 N–H and O–H groups in total. The molecule has 136 valence electrons. The van der Waals surface area contributed by atoms with Crippen molar-refractivity contribution in [1.82, 2.24) is 5.32 Å². The summed E-state index contributed by atoms with van der Waals surface area (Å²) in [7, 11) is 1.32. The van der Waals surface area contributed by atoms with E-state index in [1.165, 1.54) is 18.4 Å². The molecular weight excluding hydrogens is 352 g/mol. The summed E-state index contributed by atoms with van der Waals surface area (Å²) in [6, 6.07) is 12.2. The van der Waals surface area contributed by atoms with E-state index < -0.39 is 12.0 Å². The van der Waals surface area contributed by atoms with Gasteiger partial charge < -0.3 is 15.4 Å². The largest absolute Gasteiger partial charge is 0.469 e. The summed E-state index contributed by atoms with van der Waals surface area (Å²) in [5.74, 6) is -0.578. The summed E-state index contributed by atoms with van der Waals surface area (Å²) in [5.41, 5.74) is 0.824. The predicted octanol–water partition coefficient (Wildman–Crippen LogP) is 3.13. The van der Waals surface area contributed by atoms with Crippen molar-refractivity contribution in [3.05, 3.63) is 52.9 Å². The topological polar surface area (TPSA) is 84.5 Å². The third-order valence-electron chi connectivity index (χ3n) is 4.13. The average Bonchev–Trinajstić information content (AvgIpc) is 3.41. The van der Waals surface area contributed by atoms with Crippen LogP contribution in [0.2, 0.25) is 0 Å². The van der Waals surface area contributed by atoms with Gasteiger partial charge in [-0.2, -0.15) is 0 Å². The molecule has 0 bridgehead atoms. The first-order chi connectivity index (χ1) is 12.6. The van der Waals surface area contributed by atoms with Crippen LogP contribution in [0.15, 0.2) is 42.5 Å². The van der Waals surface area contributed by atoms with Crippen molar-refractivity contribution in [2.75, 3.05) is 12.4 Å². The second-order valence-corrected chi connectivity index (χ2v) is 7.23. The third-order valence-corrected chi connectivity index (χ3v) is 5.13. The fourth-order valence-corrected chi connectivity index (χ4v) is 3.33. The van der Waals surface area contributed by atoms with Gasteiger partial charge in [-0.3, -0.25) is 14.4 Å². The molecule has 6 nitrogen and oxygen atoms in total. The molecule has 1 aromatic carbocycles. The Morgan fingerprint density at radius 3 is 2.54 bits per heavy atom. The molecule has 1 heterocycles. The average molecular weight is 372 g/mol. The minimum atomic E-state index is -0.484. The second-order valence-electron chi connectivity index (χ2n) is 6.14. The van der Waals surface area contributed by atoms with Gasteiger partial charge in [0.2, 0.25) is 5.91 Å². The van der Waals surface area contributed by atoms with Crippen LogP contribution in [0.3, 0.4) is 0 Å². The van der Waals surface area contributed by atoms with Crippen molar-refractivity contribution < 1.29 is 19.1 Å². The number of rotatable bonds is 7. The second kappa shape index (κ2) is 8.14. The maximum absolute atomic E-state index is 12.6. The Labute approximate surface area is 155 Å². The number of esters is 1. The van der Waals surface area contributed by atoms with Crippen LogP contribution in [0, 0.1) is 5.92 Å². The number of nitrogens with one attached hydrogen (secondary N) is 2.